The Balaban J connectivity index is 1.98. The Hall–Kier alpha value is -1.88. The van der Waals surface area contributed by atoms with Gasteiger partial charge in [0.1, 0.15) is 0 Å². The second-order valence-corrected chi connectivity index (χ2v) is 4.61. The van der Waals surface area contributed by atoms with Crippen LogP contribution in [-0.4, -0.2) is 36.3 Å². The Labute approximate surface area is 113 Å². The van der Waals surface area contributed by atoms with Crippen LogP contribution in [0.2, 0.25) is 0 Å². The fraction of sp³-hybridized carbons (Fsp3) is 0.429. The summed E-state index contributed by atoms with van der Waals surface area (Å²) in [7, 11) is 0. The SMILES string of the molecule is CCN(CC)CC(=O)Nc1ccc2c(c1)CC(=O)N2. The number of rotatable bonds is 5. The lowest BCUT2D eigenvalue weighted by molar-refractivity contribution is -0.117. The van der Waals surface area contributed by atoms with E-state index in [-0.39, 0.29) is 11.8 Å². The normalized spacial score (nSPS) is 13.3. The molecule has 1 heterocycles. The molecule has 0 aromatic heterocycles. The molecule has 1 aliphatic rings. The number of anilines is 2. The van der Waals surface area contributed by atoms with Crippen molar-refractivity contribution in [1.82, 2.24) is 4.90 Å². The summed E-state index contributed by atoms with van der Waals surface area (Å²) >= 11 is 0. The van der Waals surface area contributed by atoms with Gasteiger partial charge in [-0.25, -0.2) is 0 Å². The van der Waals surface area contributed by atoms with E-state index in [0.29, 0.717) is 13.0 Å². The minimum Gasteiger partial charge on any atom is -0.326 e. The maximum atomic E-state index is 11.9. The number of nitrogens with zero attached hydrogens (tertiary/aromatic N) is 1. The highest BCUT2D eigenvalue weighted by molar-refractivity contribution is 6.00. The van der Waals surface area contributed by atoms with Gasteiger partial charge in [0, 0.05) is 11.4 Å². The van der Waals surface area contributed by atoms with Crippen molar-refractivity contribution in [3.63, 3.8) is 0 Å². The highest BCUT2D eigenvalue weighted by Gasteiger charge is 2.18. The smallest absolute Gasteiger partial charge is 0.238 e. The Morgan fingerprint density at radius 2 is 2.11 bits per heavy atom. The molecule has 0 fully saturated rings. The molecule has 2 rings (SSSR count). The first-order valence-electron chi connectivity index (χ1n) is 6.57. The highest BCUT2D eigenvalue weighted by atomic mass is 16.2. The number of hydrogen-bond acceptors (Lipinski definition) is 3. The van der Waals surface area contributed by atoms with E-state index in [0.717, 1.165) is 30.0 Å². The zero-order chi connectivity index (χ0) is 13.8. The molecular weight excluding hydrogens is 242 g/mol. The van der Waals surface area contributed by atoms with Crippen LogP contribution in [0.1, 0.15) is 19.4 Å². The average molecular weight is 261 g/mol. The minimum absolute atomic E-state index is 0.00150. The van der Waals surface area contributed by atoms with Crippen molar-refractivity contribution in [3.05, 3.63) is 23.8 Å². The van der Waals surface area contributed by atoms with Crippen LogP contribution in [0.4, 0.5) is 11.4 Å². The molecule has 0 unspecified atom stereocenters. The van der Waals surface area contributed by atoms with Crippen molar-refractivity contribution < 1.29 is 9.59 Å². The van der Waals surface area contributed by atoms with Gasteiger partial charge in [0.25, 0.3) is 0 Å². The maximum Gasteiger partial charge on any atom is 0.238 e. The molecule has 5 nitrogen and oxygen atoms in total. The predicted molar refractivity (Wildman–Crippen MR) is 75.2 cm³/mol. The molecule has 0 saturated heterocycles. The third-order valence-electron chi connectivity index (χ3n) is 3.28. The summed E-state index contributed by atoms with van der Waals surface area (Å²) in [5.74, 6) is -0.0254. The number of fused-ring (bicyclic) bond motifs is 1. The van der Waals surface area contributed by atoms with Gasteiger partial charge in [-0.05, 0) is 36.9 Å². The van der Waals surface area contributed by atoms with Gasteiger partial charge in [-0.3, -0.25) is 14.5 Å². The van der Waals surface area contributed by atoms with Crippen LogP contribution in [0.15, 0.2) is 18.2 Å². The van der Waals surface area contributed by atoms with E-state index in [2.05, 4.69) is 10.6 Å². The van der Waals surface area contributed by atoms with Gasteiger partial charge in [-0.2, -0.15) is 0 Å². The van der Waals surface area contributed by atoms with Crippen molar-refractivity contribution in [2.45, 2.75) is 20.3 Å². The molecule has 102 valence electrons. The van der Waals surface area contributed by atoms with Gasteiger partial charge in [-0.15, -0.1) is 0 Å². The molecule has 1 aromatic carbocycles. The first kappa shape index (κ1) is 13.5. The summed E-state index contributed by atoms with van der Waals surface area (Å²) in [6.45, 7) is 6.16. The fourth-order valence-electron chi connectivity index (χ4n) is 2.16. The molecule has 0 atom stereocenters. The van der Waals surface area contributed by atoms with Crippen molar-refractivity contribution in [3.8, 4) is 0 Å². The quantitative estimate of drug-likeness (QED) is 0.843. The lowest BCUT2D eigenvalue weighted by Gasteiger charge is -2.17. The Morgan fingerprint density at radius 3 is 2.79 bits per heavy atom. The van der Waals surface area contributed by atoms with E-state index >= 15 is 0 Å². The number of carbonyl (C=O) groups excluding carboxylic acids is 2. The van der Waals surface area contributed by atoms with Gasteiger partial charge in [0.15, 0.2) is 0 Å². The van der Waals surface area contributed by atoms with Gasteiger partial charge < -0.3 is 10.6 Å². The Kier molecular flexibility index (Phi) is 4.16. The van der Waals surface area contributed by atoms with E-state index in [9.17, 15) is 9.59 Å². The third-order valence-corrected chi connectivity index (χ3v) is 3.28. The number of likely N-dealkylation sites (N-methyl/N-ethyl adjacent to an activating group) is 1. The van der Waals surface area contributed by atoms with Crippen LogP contribution in [0.3, 0.4) is 0 Å². The zero-order valence-corrected chi connectivity index (χ0v) is 11.3. The molecule has 5 heteroatoms. The largest absolute Gasteiger partial charge is 0.326 e. The van der Waals surface area contributed by atoms with Crippen molar-refractivity contribution >= 4 is 23.2 Å². The van der Waals surface area contributed by atoms with Crippen molar-refractivity contribution in [1.29, 1.82) is 0 Å². The van der Waals surface area contributed by atoms with E-state index in [1.165, 1.54) is 0 Å². The van der Waals surface area contributed by atoms with Crippen LogP contribution < -0.4 is 10.6 Å². The Morgan fingerprint density at radius 1 is 1.37 bits per heavy atom. The molecular formula is C14H19N3O2. The first-order valence-corrected chi connectivity index (χ1v) is 6.57. The lowest BCUT2D eigenvalue weighted by atomic mass is 10.1. The van der Waals surface area contributed by atoms with E-state index in [4.69, 9.17) is 0 Å². The third kappa shape index (κ3) is 3.32. The van der Waals surface area contributed by atoms with E-state index in [1.807, 2.05) is 36.9 Å². The maximum absolute atomic E-state index is 11.9. The summed E-state index contributed by atoms with van der Waals surface area (Å²) in [4.78, 5) is 25.2. The van der Waals surface area contributed by atoms with Crippen LogP contribution in [0.5, 0.6) is 0 Å². The second-order valence-electron chi connectivity index (χ2n) is 4.61. The standard InChI is InChI=1S/C14H19N3O2/c1-3-17(4-2)9-14(19)15-11-5-6-12-10(7-11)8-13(18)16-12/h5-7H,3-4,8-9H2,1-2H3,(H,15,19)(H,16,18). The fourth-order valence-corrected chi connectivity index (χ4v) is 2.16. The van der Waals surface area contributed by atoms with Crippen LogP contribution >= 0.6 is 0 Å². The molecule has 19 heavy (non-hydrogen) atoms. The van der Waals surface area contributed by atoms with Crippen molar-refractivity contribution in [2.75, 3.05) is 30.3 Å². The number of nitrogens with one attached hydrogen (secondary N) is 2. The second kappa shape index (κ2) is 5.84. The van der Waals surface area contributed by atoms with Crippen LogP contribution in [0.25, 0.3) is 0 Å². The summed E-state index contributed by atoms with van der Waals surface area (Å²) < 4.78 is 0. The molecule has 1 aliphatic heterocycles. The average Bonchev–Trinajstić information content (AvgIpc) is 2.75. The van der Waals surface area contributed by atoms with Crippen LogP contribution in [0, 0.1) is 0 Å². The minimum atomic E-state index is -0.0269. The van der Waals surface area contributed by atoms with Crippen molar-refractivity contribution in [2.24, 2.45) is 0 Å². The van der Waals surface area contributed by atoms with Gasteiger partial charge in [0.05, 0.1) is 13.0 Å². The van der Waals surface area contributed by atoms with E-state index < -0.39 is 0 Å². The van der Waals surface area contributed by atoms with Gasteiger partial charge in [0.2, 0.25) is 11.8 Å². The molecule has 2 N–H and O–H groups in total. The molecule has 2 amide bonds. The molecule has 0 aliphatic carbocycles. The van der Waals surface area contributed by atoms with Gasteiger partial charge in [-0.1, -0.05) is 13.8 Å². The molecule has 0 bridgehead atoms. The number of amides is 2. The number of carbonyl (C=O) groups is 2. The lowest BCUT2D eigenvalue weighted by Crippen LogP contribution is -2.32. The van der Waals surface area contributed by atoms with Gasteiger partial charge >= 0.3 is 0 Å². The summed E-state index contributed by atoms with van der Waals surface area (Å²) in [6, 6.07) is 5.49. The van der Waals surface area contributed by atoms with E-state index in [1.54, 1.807) is 0 Å². The topological polar surface area (TPSA) is 61.4 Å². The molecule has 1 aromatic rings. The summed E-state index contributed by atoms with van der Waals surface area (Å²) in [5, 5.41) is 5.63. The summed E-state index contributed by atoms with van der Waals surface area (Å²) in [5.41, 5.74) is 2.52. The molecule has 0 radical (unpaired) electrons. The Bertz CT molecular complexity index is 495. The summed E-state index contributed by atoms with van der Waals surface area (Å²) in [6.07, 6.45) is 0.384. The predicted octanol–water partition coefficient (Wildman–Crippen LogP) is 1.46. The number of hydrogen-bond donors (Lipinski definition) is 2. The monoisotopic (exact) mass is 261 g/mol. The molecule has 0 saturated carbocycles. The zero-order valence-electron chi connectivity index (χ0n) is 11.3. The van der Waals surface area contributed by atoms with Crippen LogP contribution in [-0.2, 0) is 16.0 Å². The molecule has 0 spiro atoms. The number of benzene rings is 1. The highest BCUT2D eigenvalue weighted by Crippen LogP contribution is 2.25. The first-order chi connectivity index (χ1) is 9.12.